The minimum atomic E-state index is -0.149. The Labute approximate surface area is 100 Å². The highest BCUT2D eigenvalue weighted by Crippen LogP contribution is 2.27. The lowest BCUT2D eigenvalue weighted by Gasteiger charge is -2.16. The number of esters is 1. The van der Waals surface area contributed by atoms with Gasteiger partial charge in [0.1, 0.15) is 12.2 Å². The van der Waals surface area contributed by atoms with Gasteiger partial charge in [-0.25, -0.2) is 4.98 Å². The van der Waals surface area contributed by atoms with Crippen LogP contribution in [0.4, 0.5) is 0 Å². The van der Waals surface area contributed by atoms with E-state index in [0.717, 1.165) is 18.9 Å². The van der Waals surface area contributed by atoms with Gasteiger partial charge in [0.15, 0.2) is 0 Å². The first kappa shape index (κ1) is 12.0. The Hall–Kier alpha value is -1.43. The number of aryl methyl sites for hydroxylation is 1. The van der Waals surface area contributed by atoms with E-state index in [0.29, 0.717) is 13.2 Å². The molecule has 2 rings (SSSR count). The van der Waals surface area contributed by atoms with Crippen LogP contribution in [0.2, 0.25) is 0 Å². The normalized spacial score (nSPS) is 23.9. The standard InChI is InChI=1S/C11H18N4O2/c1-3-15-10(13-7-14-15)8-5-12-6-9(8)11(16)17-4-2/h7-9,12H,3-6H2,1-2H3. The van der Waals surface area contributed by atoms with Crippen LogP contribution in [0.25, 0.3) is 0 Å². The molecule has 1 aromatic rings. The number of nitrogens with zero attached hydrogens (tertiary/aromatic N) is 3. The molecule has 1 saturated heterocycles. The van der Waals surface area contributed by atoms with Crippen molar-refractivity contribution >= 4 is 5.97 Å². The van der Waals surface area contributed by atoms with Crippen molar-refractivity contribution in [1.29, 1.82) is 0 Å². The molecule has 0 aliphatic carbocycles. The largest absolute Gasteiger partial charge is 0.466 e. The van der Waals surface area contributed by atoms with Gasteiger partial charge in [-0.1, -0.05) is 0 Å². The van der Waals surface area contributed by atoms with Crippen molar-refractivity contribution in [3.8, 4) is 0 Å². The zero-order valence-electron chi connectivity index (χ0n) is 10.2. The Morgan fingerprint density at radius 3 is 3.12 bits per heavy atom. The highest BCUT2D eigenvalue weighted by atomic mass is 16.5. The zero-order chi connectivity index (χ0) is 12.3. The van der Waals surface area contributed by atoms with Crippen molar-refractivity contribution in [2.75, 3.05) is 19.7 Å². The van der Waals surface area contributed by atoms with Crippen LogP contribution in [0.3, 0.4) is 0 Å². The van der Waals surface area contributed by atoms with E-state index in [1.165, 1.54) is 0 Å². The second-order valence-electron chi connectivity index (χ2n) is 4.06. The summed E-state index contributed by atoms with van der Waals surface area (Å²) in [5, 5.41) is 7.36. The first-order valence-electron chi connectivity index (χ1n) is 6.03. The van der Waals surface area contributed by atoms with Gasteiger partial charge in [0.05, 0.1) is 12.5 Å². The van der Waals surface area contributed by atoms with E-state index in [2.05, 4.69) is 15.4 Å². The third-order valence-corrected chi connectivity index (χ3v) is 3.08. The summed E-state index contributed by atoms with van der Waals surface area (Å²) in [7, 11) is 0. The second kappa shape index (κ2) is 5.27. The summed E-state index contributed by atoms with van der Waals surface area (Å²) in [6.07, 6.45) is 1.54. The lowest BCUT2D eigenvalue weighted by atomic mass is 9.95. The molecule has 1 aliphatic heterocycles. The lowest BCUT2D eigenvalue weighted by Crippen LogP contribution is -2.26. The molecule has 1 N–H and O–H groups in total. The summed E-state index contributed by atoms with van der Waals surface area (Å²) >= 11 is 0. The fourth-order valence-corrected chi connectivity index (χ4v) is 2.25. The summed E-state index contributed by atoms with van der Waals surface area (Å²) in [6.45, 7) is 6.43. The fourth-order valence-electron chi connectivity index (χ4n) is 2.25. The number of carbonyl (C=O) groups is 1. The van der Waals surface area contributed by atoms with Gasteiger partial charge < -0.3 is 10.1 Å². The van der Waals surface area contributed by atoms with Crippen molar-refractivity contribution in [3.05, 3.63) is 12.2 Å². The minimum absolute atomic E-state index is 0.0662. The summed E-state index contributed by atoms with van der Waals surface area (Å²) in [5.74, 6) is 0.643. The summed E-state index contributed by atoms with van der Waals surface area (Å²) < 4.78 is 6.93. The number of nitrogens with one attached hydrogen (secondary N) is 1. The second-order valence-corrected chi connectivity index (χ2v) is 4.06. The summed E-state index contributed by atoms with van der Waals surface area (Å²) in [5.41, 5.74) is 0. The number of hydrogen-bond donors (Lipinski definition) is 1. The lowest BCUT2D eigenvalue weighted by molar-refractivity contribution is -0.147. The minimum Gasteiger partial charge on any atom is -0.466 e. The maximum absolute atomic E-state index is 11.8. The predicted octanol–water partition coefficient (Wildman–Crippen LogP) is 0.164. The molecule has 2 unspecified atom stereocenters. The van der Waals surface area contributed by atoms with E-state index in [9.17, 15) is 4.79 Å². The molecular formula is C11H18N4O2. The molecule has 1 aromatic heterocycles. The van der Waals surface area contributed by atoms with Gasteiger partial charge in [0.2, 0.25) is 0 Å². The molecule has 94 valence electrons. The van der Waals surface area contributed by atoms with E-state index in [1.807, 2.05) is 18.5 Å². The molecule has 2 heterocycles. The summed E-state index contributed by atoms with van der Waals surface area (Å²) in [4.78, 5) is 16.1. The molecule has 0 aromatic carbocycles. The Morgan fingerprint density at radius 1 is 1.59 bits per heavy atom. The SMILES string of the molecule is CCOC(=O)C1CNCC1c1ncnn1CC. The average molecular weight is 238 g/mol. The zero-order valence-corrected chi connectivity index (χ0v) is 10.2. The molecular weight excluding hydrogens is 220 g/mol. The molecule has 0 radical (unpaired) electrons. The molecule has 0 bridgehead atoms. The average Bonchev–Trinajstić information content (AvgIpc) is 2.97. The third-order valence-electron chi connectivity index (χ3n) is 3.08. The van der Waals surface area contributed by atoms with E-state index < -0.39 is 0 Å². The summed E-state index contributed by atoms with van der Waals surface area (Å²) in [6, 6.07) is 0. The van der Waals surface area contributed by atoms with Crippen molar-refractivity contribution in [1.82, 2.24) is 20.1 Å². The van der Waals surface area contributed by atoms with Crippen LogP contribution in [0.5, 0.6) is 0 Å². The van der Waals surface area contributed by atoms with Crippen molar-refractivity contribution in [2.45, 2.75) is 26.3 Å². The van der Waals surface area contributed by atoms with Crippen LogP contribution < -0.4 is 5.32 Å². The number of rotatable bonds is 4. The van der Waals surface area contributed by atoms with Crippen LogP contribution in [-0.4, -0.2) is 40.4 Å². The van der Waals surface area contributed by atoms with Gasteiger partial charge >= 0.3 is 5.97 Å². The highest BCUT2D eigenvalue weighted by Gasteiger charge is 2.37. The van der Waals surface area contributed by atoms with E-state index in [1.54, 1.807) is 6.33 Å². The first-order chi connectivity index (χ1) is 8.27. The maximum atomic E-state index is 11.8. The van der Waals surface area contributed by atoms with E-state index >= 15 is 0 Å². The Balaban J connectivity index is 2.17. The topological polar surface area (TPSA) is 69.0 Å². The van der Waals surface area contributed by atoms with Gasteiger partial charge in [0.25, 0.3) is 0 Å². The number of hydrogen-bond acceptors (Lipinski definition) is 5. The van der Waals surface area contributed by atoms with Crippen LogP contribution in [0, 0.1) is 5.92 Å². The van der Waals surface area contributed by atoms with Gasteiger partial charge in [-0.05, 0) is 13.8 Å². The first-order valence-corrected chi connectivity index (χ1v) is 6.03. The monoisotopic (exact) mass is 238 g/mol. The number of carbonyl (C=O) groups excluding carboxylic acids is 1. The van der Waals surface area contributed by atoms with Crippen LogP contribution >= 0.6 is 0 Å². The molecule has 6 heteroatoms. The predicted molar refractivity (Wildman–Crippen MR) is 61.4 cm³/mol. The van der Waals surface area contributed by atoms with E-state index in [4.69, 9.17) is 4.74 Å². The van der Waals surface area contributed by atoms with Crippen molar-refractivity contribution < 1.29 is 9.53 Å². The van der Waals surface area contributed by atoms with Gasteiger partial charge in [-0.3, -0.25) is 9.48 Å². The molecule has 1 aliphatic rings. The Kier molecular flexibility index (Phi) is 3.73. The number of ether oxygens (including phenoxy) is 1. The van der Waals surface area contributed by atoms with Crippen molar-refractivity contribution in [2.24, 2.45) is 5.92 Å². The maximum Gasteiger partial charge on any atom is 0.311 e. The molecule has 0 spiro atoms. The smallest absolute Gasteiger partial charge is 0.311 e. The molecule has 2 atom stereocenters. The van der Waals surface area contributed by atoms with Crippen LogP contribution in [0.1, 0.15) is 25.6 Å². The number of aromatic nitrogens is 3. The quantitative estimate of drug-likeness (QED) is 0.757. The highest BCUT2D eigenvalue weighted by molar-refractivity contribution is 5.74. The molecule has 6 nitrogen and oxygen atoms in total. The molecule has 1 fully saturated rings. The Bertz CT molecular complexity index is 391. The van der Waals surface area contributed by atoms with Crippen molar-refractivity contribution in [3.63, 3.8) is 0 Å². The van der Waals surface area contributed by atoms with Crippen LogP contribution in [0.15, 0.2) is 6.33 Å². The van der Waals surface area contributed by atoms with Gasteiger partial charge in [-0.15, -0.1) is 0 Å². The molecule has 0 amide bonds. The molecule has 17 heavy (non-hydrogen) atoms. The Morgan fingerprint density at radius 2 is 2.41 bits per heavy atom. The fraction of sp³-hybridized carbons (Fsp3) is 0.727. The van der Waals surface area contributed by atoms with Gasteiger partial charge in [0, 0.05) is 25.6 Å². The van der Waals surface area contributed by atoms with Gasteiger partial charge in [-0.2, -0.15) is 5.10 Å². The molecule has 0 saturated carbocycles. The van der Waals surface area contributed by atoms with E-state index in [-0.39, 0.29) is 17.8 Å². The third kappa shape index (κ3) is 2.31. The van der Waals surface area contributed by atoms with Crippen LogP contribution in [-0.2, 0) is 16.1 Å².